The molecule has 8 heteroatoms. The van der Waals surface area contributed by atoms with Crippen molar-refractivity contribution in [2.24, 2.45) is 5.73 Å². The van der Waals surface area contributed by atoms with Crippen molar-refractivity contribution in [1.29, 1.82) is 0 Å². The molecule has 1 saturated heterocycles. The first-order chi connectivity index (χ1) is 10.9. The van der Waals surface area contributed by atoms with Gasteiger partial charge in [0.25, 0.3) is 0 Å². The number of nitrogens with two attached hydrogens (primary N) is 1. The summed E-state index contributed by atoms with van der Waals surface area (Å²) < 4.78 is 10.6. The highest BCUT2D eigenvalue weighted by Gasteiger charge is 2.33. The highest BCUT2D eigenvalue weighted by atomic mass is 28.3. The number of amides is 2. The van der Waals surface area contributed by atoms with Crippen LogP contribution in [0.3, 0.4) is 0 Å². The molecule has 0 spiro atoms. The largest absolute Gasteiger partial charge is 0.450 e. The van der Waals surface area contributed by atoms with E-state index < -0.39 is 19.8 Å². The van der Waals surface area contributed by atoms with Gasteiger partial charge < -0.3 is 25.4 Å². The molecule has 1 aliphatic rings. The summed E-state index contributed by atoms with van der Waals surface area (Å²) in [5.74, 6) is 0. The van der Waals surface area contributed by atoms with Gasteiger partial charge in [-0.05, 0) is 33.2 Å². The van der Waals surface area contributed by atoms with E-state index in [1.807, 2.05) is 20.8 Å². The van der Waals surface area contributed by atoms with Crippen LogP contribution in [0.5, 0.6) is 0 Å². The Morgan fingerprint density at radius 3 is 2.46 bits per heavy atom. The summed E-state index contributed by atoms with van der Waals surface area (Å²) in [4.78, 5) is 25.7. The lowest BCUT2D eigenvalue weighted by atomic mass is 10.0. The molecule has 1 fully saturated rings. The van der Waals surface area contributed by atoms with Gasteiger partial charge in [0.2, 0.25) is 0 Å². The smallest absolute Gasteiger partial charge is 0.410 e. The normalized spacial score (nSPS) is 22.0. The third-order valence-corrected chi connectivity index (χ3v) is 5.41. The van der Waals surface area contributed by atoms with E-state index in [-0.39, 0.29) is 18.2 Å². The van der Waals surface area contributed by atoms with Gasteiger partial charge in [-0.15, -0.1) is 0 Å². The molecular formula is C16H33N3O4Si. The molecule has 0 aromatic carbocycles. The van der Waals surface area contributed by atoms with Gasteiger partial charge in [-0.1, -0.05) is 19.6 Å². The minimum Gasteiger partial charge on any atom is -0.450 e. The first-order valence-corrected chi connectivity index (χ1v) is 12.2. The second kappa shape index (κ2) is 8.20. The number of hydrogen-bond donors (Lipinski definition) is 2. The molecule has 0 aliphatic carbocycles. The van der Waals surface area contributed by atoms with E-state index in [0.29, 0.717) is 26.1 Å². The summed E-state index contributed by atoms with van der Waals surface area (Å²) in [5.41, 5.74) is 5.53. The lowest BCUT2D eigenvalue weighted by Crippen LogP contribution is -2.59. The first-order valence-electron chi connectivity index (χ1n) is 8.54. The van der Waals surface area contributed by atoms with Crippen molar-refractivity contribution in [2.45, 2.75) is 70.6 Å². The quantitative estimate of drug-likeness (QED) is 0.752. The van der Waals surface area contributed by atoms with Crippen LogP contribution in [0.25, 0.3) is 0 Å². The van der Waals surface area contributed by atoms with Crippen molar-refractivity contribution >= 4 is 20.3 Å². The zero-order chi connectivity index (χ0) is 18.5. The van der Waals surface area contributed by atoms with Gasteiger partial charge in [0.05, 0.1) is 12.6 Å². The average Bonchev–Trinajstić information content (AvgIpc) is 2.37. The third kappa shape index (κ3) is 8.01. The number of nitrogens with zero attached hydrogens (tertiary/aromatic N) is 1. The van der Waals surface area contributed by atoms with Crippen LogP contribution >= 0.6 is 0 Å². The highest BCUT2D eigenvalue weighted by Crippen LogP contribution is 2.15. The molecule has 0 aromatic rings. The summed E-state index contributed by atoms with van der Waals surface area (Å²) in [6.45, 7) is 13.4. The number of hydrogen-bond acceptors (Lipinski definition) is 5. The van der Waals surface area contributed by atoms with E-state index in [4.69, 9.17) is 15.2 Å². The summed E-state index contributed by atoms with van der Waals surface area (Å²) in [6, 6.07) is 0.389. The van der Waals surface area contributed by atoms with Crippen LogP contribution in [-0.4, -0.2) is 62.5 Å². The van der Waals surface area contributed by atoms with E-state index in [9.17, 15) is 9.59 Å². The fraction of sp³-hybridized carbons (Fsp3) is 0.875. The van der Waals surface area contributed by atoms with E-state index in [1.54, 1.807) is 4.90 Å². The number of alkyl carbamates (subject to hydrolysis) is 1. The molecule has 1 rings (SSSR count). The summed E-state index contributed by atoms with van der Waals surface area (Å²) in [5, 5.41) is 2.78. The van der Waals surface area contributed by atoms with E-state index in [1.165, 1.54) is 0 Å². The molecular weight excluding hydrogens is 326 g/mol. The number of likely N-dealkylation sites (tertiary alicyclic amines) is 1. The Morgan fingerprint density at radius 2 is 1.92 bits per heavy atom. The number of ether oxygens (including phenoxy) is 2. The second-order valence-corrected chi connectivity index (χ2v) is 14.2. The van der Waals surface area contributed by atoms with Gasteiger partial charge in [-0.3, -0.25) is 0 Å². The van der Waals surface area contributed by atoms with Gasteiger partial charge in [0.15, 0.2) is 0 Å². The Kier molecular flexibility index (Phi) is 7.09. The zero-order valence-electron chi connectivity index (χ0n) is 15.8. The molecule has 0 saturated carbocycles. The summed E-state index contributed by atoms with van der Waals surface area (Å²) in [7, 11) is -1.24. The van der Waals surface area contributed by atoms with E-state index in [0.717, 1.165) is 6.04 Å². The van der Waals surface area contributed by atoms with Crippen molar-refractivity contribution in [3.63, 3.8) is 0 Å². The number of carbonyl (C=O) groups is 2. The van der Waals surface area contributed by atoms with Crippen molar-refractivity contribution in [2.75, 3.05) is 19.7 Å². The first kappa shape index (κ1) is 20.8. The van der Waals surface area contributed by atoms with Crippen LogP contribution in [0.2, 0.25) is 25.7 Å². The molecule has 7 nitrogen and oxygen atoms in total. The number of carbonyl (C=O) groups excluding carboxylic acids is 2. The average molecular weight is 360 g/mol. The maximum absolute atomic E-state index is 12.2. The SMILES string of the molecule is CC(C)(C)OC(=O)N1CC[C@@H](N)[C@@H](NC(=O)OCC[Si](C)(C)C)C1. The minimum absolute atomic E-state index is 0.201. The Balaban J connectivity index is 2.48. The van der Waals surface area contributed by atoms with Crippen LogP contribution in [-0.2, 0) is 9.47 Å². The van der Waals surface area contributed by atoms with Gasteiger partial charge in [0.1, 0.15) is 5.60 Å². The fourth-order valence-electron chi connectivity index (χ4n) is 2.26. The highest BCUT2D eigenvalue weighted by molar-refractivity contribution is 6.76. The van der Waals surface area contributed by atoms with Crippen LogP contribution in [0, 0.1) is 0 Å². The Bertz CT molecular complexity index is 446. The molecule has 140 valence electrons. The monoisotopic (exact) mass is 359 g/mol. The van der Waals surface area contributed by atoms with Gasteiger partial charge >= 0.3 is 12.2 Å². The molecule has 2 amide bonds. The summed E-state index contributed by atoms with van der Waals surface area (Å²) in [6.07, 6.45) is -0.243. The molecule has 2 atom stereocenters. The predicted octanol–water partition coefficient (Wildman–Crippen LogP) is 2.39. The Labute approximate surface area is 146 Å². The molecule has 0 unspecified atom stereocenters. The number of nitrogens with one attached hydrogen (secondary N) is 1. The zero-order valence-corrected chi connectivity index (χ0v) is 16.8. The second-order valence-electron chi connectivity index (χ2n) is 8.58. The van der Waals surface area contributed by atoms with Gasteiger partial charge in [-0.25, -0.2) is 9.59 Å². The number of rotatable bonds is 4. The minimum atomic E-state index is -1.24. The molecule has 24 heavy (non-hydrogen) atoms. The lowest BCUT2D eigenvalue weighted by molar-refractivity contribution is 0.0171. The topological polar surface area (TPSA) is 93.9 Å². The van der Waals surface area contributed by atoms with Crippen molar-refractivity contribution in [3.05, 3.63) is 0 Å². The maximum Gasteiger partial charge on any atom is 0.410 e. The molecule has 0 radical (unpaired) electrons. The van der Waals surface area contributed by atoms with Crippen molar-refractivity contribution < 1.29 is 19.1 Å². The van der Waals surface area contributed by atoms with Crippen LogP contribution in [0.15, 0.2) is 0 Å². The molecule has 1 aliphatic heterocycles. The van der Waals surface area contributed by atoms with E-state index >= 15 is 0 Å². The van der Waals surface area contributed by atoms with Crippen LogP contribution in [0.4, 0.5) is 9.59 Å². The van der Waals surface area contributed by atoms with E-state index in [2.05, 4.69) is 25.0 Å². The Hall–Kier alpha value is -1.28. The predicted molar refractivity (Wildman–Crippen MR) is 96.8 cm³/mol. The third-order valence-electron chi connectivity index (χ3n) is 3.71. The summed E-state index contributed by atoms with van der Waals surface area (Å²) >= 11 is 0. The van der Waals surface area contributed by atoms with Crippen LogP contribution < -0.4 is 11.1 Å². The molecule has 1 heterocycles. The standard InChI is InChI=1S/C16H33N3O4Si/c1-16(2,3)23-15(21)19-8-7-12(17)13(11-19)18-14(20)22-9-10-24(4,5)6/h12-13H,7-11,17H2,1-6H3,(H,18,20)/t12-,13+/m1/s1. The van der Waals surface area contributed by atoms with Crippen LogP contribution in [0.1, 0.15) is 27.2 Å². The lowest BCUT2D eigenvalue weighted by Gasteiger charge is -2.37. The number of piperidine rings is 1. The van der Waals surface area contributed by atoms with Crippen molar-refractivity contribution in [1.82, 2.24) is 10.2 Å². The fourth-order valence-corrected chi connectivity index (χ4v) is 2.97. The molecule has 0 aromatic heterocycles. The maximum atomic E-state index is 12.2. The van der Waals surface area contributed by atoms with Crippen molar-refractivity contribution in [3.8, 4) is 0 Å². The van der Waals surface area contributed by atoms with Gasteiger partial charge in [0, 0.05) is 27.2 Å². The van der Waals surface area contributed by atoms with Gasteiger partial charge in [-0.2, -0.15) is 0 Å². The molecule has 3 N–H and O–H groups in total. The molecule has 0 bridgehead atoms. The Morgan fingerprint density at radius 1 is 1.29 bits per heavy atom.